The Kier molecular flexibility index (Phi) is 5.93. The van der Waals surface area contributed by atoms with Gasteiger partial charge in [0.2, 0.25) is 0 Å². The summed E-state index contributed by atoms with van der Waals surface area (Å²) < 4.78 is 33.4. The van der Waals surface area contributed by atoms with Crippen LogP contribution in [0.25, 0.3) is 5.57 Å². The molecule has 0 saturated heterocycles. The third-order valence-electron chi connectivity index (χ3n) is 4.48. The molecule has 1 aliphatic heterocycles. The van der Waals surface area contributed by atoms with Gasteiger partial charge in [-0.25, -0.2) is 13.7 Å². The van der Waals surface area contributed by atoms with Crippen molar-refractivity contribution in [1.29, 1.82) is 0 Å². The van der Waals surface area contributed by atoms with Crippen LogP contribution in [0.1, 0.15) is 12.5 Å². The van der Waals surface area contributed by atoms with Gasteiger partial charge in [-0.3, -0.25) is 9.59 Å². The Labute approximate surface area is 166 Å². The van der Waals surface area contributed by atoms with Gasteiger partial charge in [0, 0.05) is 19.7 Å². The van der Waals surface area contributed by atoms with E-state index in [4.69, 9.17) is 4.74 Å². The van der Waals surface area contributed by atoms with Gasteiger partial charge in [-0.05, 0) is 36.8 Å². The smallest absolute Gasteiger partial charge is 0.282 e. The Balaban J connectivity index is 2.11. The summed E-state index contributed by atoms with van der Waals surface area (Å²) in [6.45, 7) is 2.13. The van der Waals surface area contributed by atoms with E-state index in [9.17, 15) is 23.5 Å². The Morgan fingerprint density at radius 1 is 1.07 bits per heavy atom. The topological polar surface area (TPSA) is 70.1 Å². The van der Waals surface area contributed by atoms with E-state index in [1.165, 1.54) is 11.9 Å². The summed E-state index contributed by atoms with van der Waals surface area (Å²) in [7, 11) is 1.54. The molecular weight excluding hydrogens is 382 g/mol. The number of benzene rings is 2. The van der Waals surface area contributed by atoms with Crippen molar-refractivity contribution >= 4 is 23.1 Å². The summed E-state index contributed by atoms with van der Waals surface area (Å²) >= 11 is 0. The van der Waals surface area contributed by atoms with E-state index in [1.807, 2.05) is 6.92 Å². The van der Waals surface area contributed by atoms with Gasteiger partial charge < -0.3 is 14.7 Å². The summed E-state index contributed by atoms with van der Waals surface area (Å²) in [5, 5.41) is 9.26. The second kappa shape index (κ2) is 8.40. The number of likely N-dealkylation sites (N-methyl/N-ethyl adjacent to an activating group) is 1. The molecule has 0 atom stereocenters. The highest BCUT2D eigenvalue weighted by Gasteiger charge is 2.42. The van der Waals surface area contributed by atoms with E-state index in [2.05, 4.69) is 0 Å². The first-order chi connectivity index (χ1) is 13.9. The maximum atomic E-state index is 14.3. The molecule has 0 aromatic heterocycles. The second-order valence-electron chi connectivity index (χ2n) is 6.37. The highest BCUT2D eigenvalue weighted by molar-refractivity contribution is 6.45. The van der Waals surface area contributed by atoms with Crippen LogP contribution >= 0.6 is 0 Å². The summed E-state index contributed by atoms with van der Waals surface area (Å²) in [5.74, 6) is -2.65. The average molecular weight is 402 g/mol. The zero-order valence-corrected chi connectivity index (χ0v) is 16.0. The van der Waals surface area contributed by atoms with Crippen molar-refractivity contribution in [1.82, 2.24) is 4.90 Å². The molecule has 2 aromatic rings. The van der Waals surface area contributed by atoms with Crippen LogP contribution in [0, 0.1) is 11.6 Å². The number of halogens is 2. The minimum atomic E-state index is -0.898. The highest BCUT2D eigenvalue weighted by atomic mass is 19.1. The lowest BCUT2D eigenvalue weighted by Crippen LogP contribution is -2.35. The van der Waals surface area contributed by atoms with Gasteiger partial charge in [-0.15, -0.1) is 0 Å². The fourth-order valence-electron chi connectivity index (χ4n) is 3.15. The van der Waals surface area contributed by atoms with Crippen molar-refractivity contribution in [3.8, 4) is 5.75 Å². The molecule has 6 nitrogen and oxygen atoms in total. The molecule has 3 rings (SSSR count). The SMILES string of the molecule is CCOc1ccc(C2=C(N(C)CCO)C(=O)N(c3cc(F)ccc3F)C2=O)cc1. The average Bonchev–Trinajstić information content (AvgIpc) is 2.95. The minimum absolute atomic E-state index is 0.00290. The van der Waals surface area contributed by atoms with Crippen LogP contribution in [0.3, 0.4) is 0 Å². The number of anilines is 1. The van der Waals surface area contributed by atoms with E-state index in [0.29, 0.717) is 22.8 Å². The lowest BCUT2D eigenvalue weighted by molar-refractivity contribution is -0.120. The number of imide groups is 1. The second-order valence-corrected chi connectivity index (χ2v) is 6.37. The summed E-state index contributed by atoms with van der Waals surface area (Å²) in [5.41, 5.74) is -0.00345. The molecule has 2 amide bonds. The summed E-state index contributed by atoms with van der Waals surface area (Å²) in [6, 6.07) is 9.10. The molecular formula is C21H20F2N2O4. The van der Waals surface area contributed by atoms with Crippen molar-refractivity contribution in [2.75, 3.05) is 31.7 Å². The van der Waals surface area contributed by atoms with Gasteiger partial charge in [0.05, 0.1) is 24.5 Å². The number of aliphatic hydroxyl groups excluding tert-OH is 1. The van der Waals surface area contributed by atoms with Crippen molar-refractivity contribution in [3.05, 3.63) is 65.4 Å². The van der Waals surface area contributed by atoms with Gasteiger partial charge in [-0.2, -0.15) is 0 Å². The molecule has 0 aliphatic carbocycles. The highest BCUT2D eigenvalue weighted by Crippen LogP contribution is 2.36. The lowest BCUT2D eigenvalue weighted by atomic mass is 10.0. The monoisotopic (exact) mass is 402 g/mol. The Bertz CT molecular complexity index is 973. The Morgan fingerprint density at radius 2 is 1.76 bits per heavy atom. The molecule has 29 heavy (non-hydrogen) atoms. The number of hydrogen-bond acceptors (Lipinski definition) is 5. The van der Waals surface area contributed by atoms with Crippen LogP contribution < -0.4 is 9.64 Å². The lowest BCUT2D eigenvalue weighted by Gasteiger charge is -2.20. The molecule has 2 aromatic carbocycles. The van der Waals surface area contributed by atoms with E-state index in [0.717, 1.165) is 18.2 Å². The van der Waals surface area contributed by atoms with E-state index in [1.54, 1.807) is 24.3 Å². The zero-order chi connectivity index (χ0) is 21.1. The van der Waals surface area contributed by atoms with Gasteiger partial charge in [0.1, 0.15) is 23.1 Å². The van der Waals surface area contributed by atoms with Gasteiger partial charge in [-0.1, -0.05) is 12.1 Å². The first kappa shape index (κ1) is 20.5. The van der Waals surface area contributed by atoms with Crippen molar-refractivity contribution in [2.45, 2.75) is 6.92 Å². The number of aliphatic hydroxyl groups is 1. The third kappa shape index (κ3) is 3.84. The molecule has 0 spiro atoms. The van der Waals surface area contributed by atoms with E-state index >= 15 is 0 Å². The molecule has 1 N–H and O–H groups in total. The summed E-state index contributed by atoms with van der Waals surface area (Å²) in [4.78, 5) is 28.2. The molecule has 152 valence electrons. The molecule has 1 aliphatic rings. The van der Waals surface area contributed by atoms with Gasteiger partial charge in [0.25, 0.3) is 11.8 Å². The zero-order valence-electron chi connectivity index (χ0n) is 16.0. The molecule has 0 bridgehead atoms. The van der Waals surface area contributed by atoms with Crippen LogP contribution in [0.4, 0.5) is 14.5 Å². The number of amides is 2. The van der Waals surface area contributed by atoms with Gasteiger partial charge in [0.15, 0.2) is 0 Å². The normalized spacial score (nSPS) is 14.0. The van der Waals surface area contributed by atoms with Crippen LogP contribution in [-0.4, -0.2) is 48.6 Å². The summed E-state index contributed by atoms with van der Waals surface area (Å²) in [6.07, 6.45) is 0. The fraction of sp³-hybridized carbons (Fsp3) is 0.238. The number of carbonyl (C=O) groups is 2. The van der Waals surface area contributed by atoms with Crippen LogP contribution in [0.15, 0.2) is 48.2 Å². The van der Waals surface area contributed by atoms with Crippen LogP contribution in [0.2, 0.25) is 0 Å². The first-order valence-corrected chi connectivity index (χ1v) is 9.02. The molecule has 8 heteroatoms. The molecule has 0 fully saturated rings. The van der Waals surface area contributed by atoms with Crippen molar-refractivity contribution in [2.24, 2.45) is 0 Å². The first-order valence-electron chi connectivity index (χ1n) is 9.02. The van der Waals surface area contributed by atoms with Crippen molar-refractivity contribution < 1.29 is 28.2 Å². The molecule has 0 unspecified atom stereocenters. The minimum Gasteiger partial charge on any atom is -0.494 e. The Morgan fingerprint density at radius 3 is 2.38 bits per heavy atom. The predicted octanol–water partition coefficient (Wildman–Crippen LogP) is 2.57. The molecule has 0 radical (unpaired) electrons. The predicted molar refractivity (Wildman–Crippen MR) is 103 cm³/mol. The number of carbonyl (C=O) groups excluding carboxylic acids is 2. The standard InChI is InChI=1S/C21H20F2N2O4/c1-3-29-15-7-4-13(5-8-15)18-19(24(2)10-11-26)21(28)25(20(18)27)17-12-14(22)6-9-16(17)23/h4-9,12,26H,3,10-11H2,1-2H3. The molecule has 0 saturated carbocycles. The van der Waals surface area contributed by atoms with Crippen molar-refractivity contribution in [3.63, 3.8) is 0 Å². The van der Waals surface area contributed by atoms with E-state index in [-0.39, 0.29) is 24.4 Å². The Hall–Kier alpha value is -3.26. The number of nitrogens with zero attached hydrogens (tertiary/aromatic N) is 2. The van der Waals surface area contributed by atoms with Crippen LogP contribution in [0.5, 0.6) is 5.75 Å². The number of hydrogen-bond donors (Lipinski definition) is 1. The van der Waals surface area contributed by atoms with Crippen LogP contribution in [-0.2, 0) is 9.59 Å². The maximum absolute atomic E-state index is 14.3. The molecule has 1 heterocycles. The fourth-order valence-corrected chi connectivity index (χ4v) is 3.15. The largest absolute Gasteiger partial charge is 0.494 e. The van der Waals surface area contributed by atoms with E-state index < -0.39 is 29.1 Å². The quantitative estimate of drug-likeness (QED) is 0.721. The maximum Gasteiger partial charge on any atom is 0.282 e. The third-order valence-corrected chi connectivity index (χ3v) is 4.48. The van der Waals surface area contributed by atoms with Gasteiger partial charge >= 0.3 is 0 Å². The number of ether oxygens (including phenoxy) is 1. The number of rotatable bonds is 7.